The van der Waals surface area contributed by atoms with Crippen LogP contribution in [0.25, 0.3) is 0 Å². The predicted molar refractivity (Wildman–Crippen MR) is 147 cm³/mol. The van der Waals surface area contributed by atoms with Crippen molar-refractivity contribution >= 4 is 29.7 Å². The van der Waals surface area contributed by atoms with Gasteiger partial charge in [0.15, 0.2) is 5.96 Å². The monoisotopic (exact) mass is 549 g/mol. The lowest BCUT2D eigenvalue weighted by Crippen LogP contribution is -2.60. The molecule has 0 saturated carbocycles. The lowest BCUT2D eigenvalue weighted by molar-refractivity contribution is -0.142. The van der Waals surface area contributed by atoms with Crippen molar-refractivity contribution in [3.8, 4) is 5.75 Å². The molecule has 0 aromatic heterocycles. The Hall–Kier alpha value is -3.87. The molecule has 5 unspecified atom stereocenters. The van der Waals surface area contributed by atoms with Crippen LogP contribution in [0.3, 0.4) is 0 Å². The summed E-state index contributed by atoms with van der Waals surface area (Å²) >= 11 is 0. The summed E-state index contributed by atoms with van der Waals surface area (Å²) in [5.74, 6) is -3.70. The van der Waals surface area contributed by atoms with Crippen LogP contribution in [0, 0.1) is 11.8 Å². The zero-order valence-corrected chi connectivity index (χ0v) is 23.0. The number of phenols is 1. The summed E-state index contributed by atoms with van der Waals surface area (Å²) < 4.78 is 0. The van der Waals surface area contributed by atoms with Crippen molar-refractivity contribution in [1.82, 2.24) is 16.0 Å². The van der Waals surface area contributed by atoms with E-state index >= 15 is 0 Å². The molecule has 218 valence electrons. The number of nitrogens with zero attached hydrogens (tertiary/aromatic N) is 1. The number of nitrogens with two attached hydrogens (primary N) is 3. The Morgan fingerprint density at radius 1 is 0.923 bits per heavy atom. The second kappa shape index (κ2) is 16.2. The molecule has 13 nitrogen and oxygen atoms in total. The fraction of sp³-hybridized carbons (Fsp3) is 0.577. The lowest BCUT2D eigenvalue weighted by Gasteiger charge is -2.29. The van der Waals surface area contributed by atoms with Crippen LogP contribution in [-0.2, 0) is 25.6 Å². The number of nitrogens with one attached hydrogen (secondary N) is 3. The molecule has 0 radical (unpaired) electrons. The topological polar surface area (TPSA) is 235 Å². The summed E-state index contributed by atoms with van der Waals surface area (Å²) in [6.45, 7) is 7.39. The molecular weight excluding hydrogens is 506 g/mol. The van der Waals surface area contributed by atoms with Gasteiger partial charge in [0, 0.05) is 13.0 Å². The van der Waals surface area contributed by atoms with Gasteiger partial charge in [-0.3, -0.25) is 19.4 Å². The van der Waals surface area contributed by atoms with E-state index in [1.165, 1.54) is 12.1 Å². The zero-order valence-electron chi connectivity index (χ0n) is 23.0. The van der Waals surface area contributed by atoms with Crippen LogP contribution >= 0.6 is 0 Å². The van der Waals surface area contributed by atoms with E-state index in [-0.39, 0.29) is 30.0 Å². The van der Waals surface area contributed by atoms with E-state index in [2.05, 4.69) is 20.9 Å². The highest BCUT2D eigenvalue weighted by atomic mass is 16.4. The molecule has 0 heterocycles. The van der Waals surface area contributed by atoms with Gasteiger partial charge in [-0.15, -0.1) is 0 Å². The van der Waals surface area contributed by atoms with Crippen LogP contribution in [0.15, 0.2) is 29.3 Å². The Bertz CT molecular complexity index is 995. The van der Waals surface area contributed by atoms with Crippen LogP contribution < -0.4 is 33.2 Å². The van der Waals surface area contributed by atoms with E-state index in [0.29, 0.717) is 31.4 Å². The Balaban J connectivity index is 2.93. The van der Waals surface area contributed by atoms with Crippen LogP contribution in [0.2, 0.25) is 0 Å². The number of aromatic hydroxyl groups is 1. The maximum Gasteiger partial charge on any atom is 0.326 e. The Kier molecular flexibility index (Phi) is 13.7. The second-order valence-corrected chi connectivity index (χ2v) is 9.93. The van der Waals surface area contributed by atoms with Gasteiger partial charge < -0.3 is 43.4 Å². The van der Waals surface area contributed by atoms with E-state index in [0.717, 1.165) is 0 Å². The number of guanidine groups is 1. The molecule has 0 bridgehead atoms. The summed E-state index contributed by atoms with van der Waals surface area (Å²) in [6.07, 6.45) is 1.27. The standard InChI is InChI=1S/C26H43N7O6/c1-5-15(4)21(24(37)31-19(25(38)39)13-16-8-10-17(34)11-9-16)33-23(36)20(14(2)3)32-22(35)18(27)7-6-12-30-26(28)29/h8-11,14-15,18-21,34H,5-7,12-13,27H2,1-4H3,(H,31,37)(H,32,35)(H,33,36)(H,38,39)(H4,28,29,30). The average molecular weight is 550 g/mol. The van der Waals surface area contributed by atoms with Crippen molar-refractivity contribution in [2.75, 3.05) is 6.54 Å². The molecule has 3 amide bonds. The van der Waals surface area contributed by atoms with Gasteiger partial charge in [0.05, 0.1) is 6.04 Å². The molecule has 11 N–H and O–H groups in total. The number of hydrogen-bond acceptors (Lipinski definition) is 7. The van der Waals surface area contributed by atoms with Crippen LogP contribution in [0.5, 0.6) is 5.75 Å². The molecule has 0 aliphatic heterocycles. The van der Waals surface area contributed by atoms with E-state index in [1.807, 2.05) is 6.92 Å². The number of carbonyl (C=O) groups excluding carboxylic acids is 3. The van der Waals surface area contributed by atoms with E-state index in [1.54, 1.807) is 32.9 Å². The molecule has 1 aromatic carbocycles. The summed E-state index contributed by atoms with van der Waals surface area (Å²) in [7, 11) is 0. The number of carboxylic acid groups (broad SMARTS) is 1. The third-order valence-electron chi connectivity index (χ3n) is 6.34. The first-order valence-corrected chi connectivity index (χ1v) is 13.0. The van der Waals surface area contributed by atoms with Gasteiger partial charge in [-0.05, 0) is 42.4 Å². The third kappa shape index (κ3) is 11.6. The molecular formula is C26H43N7O6. The number of benzene rings is 1. The number of carboxylic acids is 1. The number of phenolic OH excluding ortho intramolecular Hbond substituents is 1. The van der Waals surface area contributed by atoms with Crippen LogP contribution in [0.1, 0.15) is 52.5 Å². The van der Waals surface area contributed by atoms with Crippen molar-refractivity contribution in [2.24, 2.45) is 34.0 Å². The molecule has 13 heteroatoms. The highest BCUT2D eigenvalue weighted by Crippen LogP contribution is 2.14. The average Bonchev–Trinajstić information content (AvgIpc) is 2.87. The molecule has 0 aliphatic rings. The Morgan fingerprint density at radius 2 is 1.49 bits per heavy atom. The van der Waals surface area contributed by atoms with Gasteiger partial charge in [-0.25, -0.2) is 4.79 Å². The molecule has 1 aromatic rings. The highest BCUT2D eigenvalue weighted by Gasteiger charge is 2.33. The van der Waals surface area contributed by atoms with Crippen molar-refractivity contribution in [3.05, 3.63) is 29.8 Å². The Labute approximate surface area is 229 Å². The number of carbonyl (C=O) groups is 4. The number of amides is 3. The van der Waals surface area contributed by atoms with Gasteiger partial charge >= 0.3 is 5.97 Å². The molecule has 1 rings (SSSR count). The fourth-order valence-corrected chi connectivity index (χ4v) is 3.72. The number of aliphatic carboxylic acids is 1. The predicted octanol–water partition coefficient (Wildman–Crippen LogP) is -0.443. The first-order chi connectivity index (χ1) is 18.3. The molecule has 0 spiro atoms. The second-order valence-electron chi connectivity index (χ2n) is 9.93. The summed E-state index contributed by atoms with van der Waals surface area (Å²) in [5, 5.41) is 27.0. The van der Waals surface area contributed by atoms with Gasteiger partial charge in [-0.2, -0.15) is 0 Å². The van der Waals surface area contributed by atoms with Gasteiger partial charge in [0.2, 0.25) is 17.7 Å². The van der Waals surface area contributed by atoms with Gasteiger partial charge in [0.1, 0.15) is 23.9 Å². The summed E-state index contributed by atoms with van der Waals surface area (Å²) in [6, 6.07) is 1.80. The van der Waals surface area contributed by atoms with Crippen LogP contribution in [0.4, 0.5) is 0 Å². The SMILES string of the molecule is CCC(C)C(NC(=O)C(NC(=O)C(N)CCCN=C(N)N)C(C)C)C(=O)NC(Cc1ccc(O)cc1)C(=O)O. The van der Waals surface area contributed by atoms with Crippen LogP contribution in [-0.4, -0.2) is 70.6 Å². The smallest absolute Gasteiger partial charge is 0.326 e. The highest BCUT2D eigenvalue weighted by molar-refractivity contribution is 5.94. The largest absolute Gasteiger partial charge is 0.508 e. The maximum absolute atomic E-state index is 13.2. The molecule has 0 fully saturated rings. The van der Waals surface area contributed by atoms with E-state index in [4.69, 9.17) is 17.2 Å². The lowest BCUT2D eigenvalue weighted by atomic mass is 9.95. The number of rotatable bonds is 16. The summed E-state index contributed by atoms with van der Waals surface area (Å²) in [4.78, 5) is 54.8. The quantitative estimate of drug-likeness (QED) is 0.0756. The number of aliphatic imine (C=N–C) groups is 1. The van der Waals surface area contributed by atoms with Crippen molar-refractivity contribution in [3.63, 3.8) is 0 Å². The van der Waals surface area contributed by atoms with E-state index in [9.17, 15) is 29.4 Å². The van der Waals surface area contributed by atoms with E-state index < -0.39 is 47.9 Å². The molecule has 39 heavy (non-hydrogen) atoms. The first kappa shape index (κ1) is 33.2. The van der Waals surface area contributed by atoms with Crippen molar-refractivity contribution in [2.45, 2.75) is 77.5 Å². The molecule has 0 saturated heterocycles. The Morgan fingerprint density at radius 3 is 2.00 bits per heavy atom. The molecule has 5 atom stereocenters. The minimum Gasteiger partial charge on any atom is -0.508 e. The third-order valence-corrected chi connectivity index (χ3v) is 6.34. The minimum absolute atomic E-state index is 0.0196. The summed E-state index contributed by atoms with van der Waals surface area (Å²) in [5.41, 5.74) is 17.1. The first-order valence-electron chi connectivity index (χ1n) is 13.0. The van der Waals surface area contributed by atoms with Gasteiger partial charge in [0.25, 0.3) is 0 Å². The maximum atomic E-state index is 13.2. The van der Waals surface area contributed by atoms with Crippen molar-refractivity contribution < 1.29 is 29.4 Å². The fourth-order valence-electron chi connectivity index (χ4n) is 3.72. The van der Waals surface area contributed by atoms with Crippen molar-refractivity contribution in [1.29, 1.82) is 0 Å². The molecule has 0 aliphatic carbocycles. The number of hydrogen-bond donors (Lipinski definition) is 8. The zero-order chi connectivity index (χ0) is 29.7. The minimum atomic E-state index is -1.26. The van der Waals surface area contributed by atoms with Gasteiger partial charge in [-0.1, -0.05) is 46.2 Å². The normalized spacial score (nSPS) is 14.8.